The third kappa shape index (κ3) is 9.14. The van der Waals surface area contributed by atoms with E-state index in [2.05, 4.69) is 68.9 Å². The van der Waals surface area contributed by atoms with Crippen molar-refractivity contribution in [1.29, 1.82) is 0 Å². The van der Waals surface area contributed by atoms with Crippen LogP contribution in [0.25, 0.3) is 0 Å². The van der Waals surface area contributed by atoms with E-state index >= 15 is 0 Å². The van der Waals surface area contributed by atoms with Gasteiger partial charge in [0.25, 0.3) is 0 Å². The van der Waals surface area contributed by atoms with Crippen LogP contribution in [-0.4, -0.2) is 46.8 Å². The third-order valence-electron chi connectivity index (χ3n) is 4.47. The summed E-state index contributed by atoms with van der Waals surface area (Å²) in [6.07, 6.45) is 0.914. The van der Waals surface area contributed by atoms with Crippen LogP contribution in [-0.2, 0) is 10.0 Å². The molecule has 0 saturated heterocycles. The SMILES string of the molecule is CCS(=O)(=O)NCCNC(=NC)NCCC(c1ccccc1)c1ccccc1.I. The fourth-order valence-electron chi connectivity index (χ4n) is 2.94. The van der Waals surface area contributed by atoms with Crippen LogP contribution in [0.15, 0.2) is 65.7 Å². The number of benzene rings is 2. The highest BCUT2D eigenvalue weighted by Crippen LogP contribution is 2.27. The number of hydrogen-bond donors (Lipinski definition) is 3. The van der Waals surface area contributed by atoms with Crippen LogP contribution in [0.3, 0.4) is 0 Å². The van der Waals surface area contributed by atoms with Gasteiger partial charge in [0.05, 0.1) is 5.75 Å². The van der Waals surface area contributed by atoms with Gasteiger partial charge in [0.2, 0.25) is 10.0 Å². The lowest BCUT2D eigenvalue weighted by Gasteiger charge is -2.19. The van der Waals surface area contributed by atoms with Crippen LogP contribution in [0.2, 0.25) is 0 Å². The molecule has 8 heteroatoms. The molecule has 0 unspecified atom stereocenters. The van der Waals surface area contributed by atoms with E-state index < -0.39 is 10.0 Å². The van der Waals surface area contributed by atoms with Crippen LogP contribution in [0.4, 0.5) is 0 Å². The maximum atomic E-state index is 11.4. The van der Waals surface area contributed by atoms with Crippen molar-refractivity contribution in [2.45, 2.75) is 19.3 Å². The summed E-state index contributed by atoms with van der Waals surface area (Å²) in [4.78, 5) is 4.20. The smallest absolute Gasteiger partial charge is 0.211 e. The molecule has 2 aromatic rings. The minimum atomic E-state index is -3.16. The van der Waals surface area contributed by atoms with Crippen molar-refractivity contribution in [3.63, 3.8) is 0 Å². The van der Waals surface area contributed by atoms with Crippen molar-refractivity contribution >= 4 is 40.0 Å². The van der Waals surface area contributed by atoms with E-state index in [1.807, 2.05) is 12.1 Å². The van der Waals surface area contributed by atoms with E-state index in [9.17, 15) is 8.42 Å². The Bertz CT molecular complexity index is 791. The van der Waals surface area contributed by atoms with Crippen molar-refractivity contribution in [3.8, 4) is 0 Å². The first kappa shape index (κ1) is 25.4. The van der Waals surface area contributed by atoms with Gasteiger partial charge >= 0.3 is 0 Å². The molecule has 0 aliphatic rings. The number of rotatable bonds is 10. The van der Waals surface area contributed by atoms with Crippen LogP contribution in [0, 0.1) is 0 Å². The molecule has 0 bridgehead atoms. The number of hydrogen-bond acceptors (Lipinski definition) is 3. The Balaban J connectivity index is 0.00000420. The monoisotopic (exact) mass is 530 g/mol. The Morgan fingerprint density at radius 2 is 1.41 bits per heavy atom. The molecule has 160 valence electrons. The molecule has 0 fully saturated rings. The van der Waals surface area contributed by atoms with Gasteiger partial charge in [0.1, 0.15) is 0 Å². The first-order valence-corrected chi connectivity index (χ1v) is 11.2. The van der Waals surface area contributed by atoms with Crippen molar-refractivity contribution in [2.75, 3.05) is 32.4 Å². The number of aliphatic imine (C=N–C) groups is 1. The van der Waals surface area contributed by atoms with Gasteiger partial charge < -0.3 is 10.6 Å². The molecular formula is C21H31IN4O2S. The topological polar surface area (TPSA) is 82.6 Å². The highest BCUT2D eigenvalue weighted by atomic mass is 127. The van der Waals surface area contributed by atoms with Crippen molar-refractivity contribution in [3.05, 3.63) is 71.8 Å². The van der Waals surface area contributed by atoms with Crippen LogP contribution in [0.5, 0.6) is 0 Å². The molecule has 0 amide bonds. The van der Waals surface area contributed by atoms with E-state index in [0.717, 1.165) is 13.0 Å². The van der Waals surface area contributed by atoms with Gasteiger partial charge in [-0.25, -0.2) is 13.1 Å². The zero-order chi connectivity index (χ0) is 20.2. The van der Waals surface area contributed by atoms with E-state index in [4.69, 9.17) is 0 Å². The molecule has 0 spiro atoms. The zero-order valence-electron chi connectivity index (χ0n) is 17.0. The molecule has 2 rings (SSSR count). The Labute approximate surface area is 191 Å². The van der Waals surface area contributed by atoms with Gasteiger partial charge in [0, 0.05) is 32.6 Å². The number of guanidine groups is 1. The molecule has 2 aromatic carbocycles. The van der Waals surface area contributed by atoms with Crippen LogP contribution in [0.1, 0.15) is 30.4 Å². The summed E-state index contributed by atoms with van der Waals surface area (Å²) >= 11 is 0. The summed E-state index contributed by atoms with van der Waals surface area (Å²) in [5, 5.41) is 6.44. The van der Waals surface area contributed by atoms with Gasteiger partial charge in [-0.15, -0.1) is 24.0 Å². The van der Waals surface area contributed by atoms with Crippen LogP contribution >= 0.6 is 24.0 Å². The van der Waals surface area contributed by atoms with Crippen molar-refractivity contribution in [2.24, 2.45) is 4.99 Å². The van der Waals surface area contributed by atoms with E-state index in [-0.39, 0.29) is 29.7 Å². The van der Waals surface area contributed by atoms with E-state index in [1.54, 1.807) is 14.0 Å². The second-order valence-electron chi connectivity index (χ2n) is 6.39. The summed E-state index contributed by atoms with van der Waals surface area (Å²) in [5.41, 5.74) is 2.57. The molecule has 0 radical (unpaired) electrons. The van der Waals surface area contributed by atoms with Gasteiger partial charge in [-0.1, -0.05) is 60.7 Å². The van der Waals surface area contributed by atoms with Crippen molar-refractivity contribution in [1.82, 2.24) is 15.4 Å². The minimum Gasteiger partial charge on any atom is -0.356 e. The van der Waals surface area contributed by atoms with Gasteiger partial charge in [-0.2, -0.15) is 0 Å². The number of sulfonamides is 1. The lowest BCUT2D eigenvalue weighted by molar-refractivity contribution is 0.581. The maximum absolute atomic E-state index is 11.4. The van der Waals surface area contributed by atoms with Crippen molar-refractivity contribution < 1.29 is 8.42 Å². The summed E-state index contributed by atoms with van der Waals surface area (Å²) < 4.78 is 25.4. The average molecular weight is 530 g/mol. The normalized spacial score (nSPS) is 11.8. The molecular weight excluding hydrogens is 499 g/mol. The summed E-state index contributed by atoms with van der Waals surface area (Å²) in [6, 6.07) is 21.0. The zero-order valence-corrected chi connectivity index (χ0v) is 20.1. The van der Waals surface area contributed by atoms with E-state index in [0.29, 0.717) is 25.0 Å². The number of nitrogens with one attached hydrogen (secondary N) is 3. The average Bonchev–Trinajstić information content (AvgIpc) is 2.74. The standard InChI is InChI=1S/C21H30N4O2S.HI/c1-3-28(26,27)25-17-16-24-21(22-2)23-15-14-20(18-10-6-4-7-11-18)19-12-8-5-9-13-19;/h4-13,20,25H,3,14-17H2,1-2H3,(H2,22,23,24);1H. The number of halogens is 1. The first-order chi connectivity index (χ1) is 13.6. The second kappa shape index (κ2) is 13.6. The molecule has 0 saturated carbocycles. The third-order valence-corrected chi connectivity index (χ3v) is 5.88. The highest BCUT2D eigenvalue weighted by molar-refractivity contribution is 14.0. The van der Waals surface area contributed by atoms with E-state index in [1.165, 1.54) is 11.1 Å². The van der Waals surface area contributed by atoms with Gasteiger partial charge in [-0.3, -0.25) is 4.99 Å². The lowest BCUT2D eigenvalue weighted by atomic mass is 9.88. The first-order valence-electron chi connectivity index (χ1n) is 9.57. The maximum Gasteiger partial charge on any atom is 0.211 e. The molecule has 0 aromatic heterocycles. The largest absolute Gasteiger partial charge is 0.356 e. The fraction of sp³-hybridized carbons (Fsp3) is 0.381. The molecule has 0 aliphatic carbocycles. The minimum absolute atomic E-state index is 0. The molecule has 6 nitrogen and oxygen atoms in total. The Hall–Kier alpha value is -1.65. The molecule has 29 heavy (non-hydrogen) atoms. The molecule has 0 atom stereocenters. The number of nitrogens with zero attached hydrogens (tertiary/aromatic N) is 1. The predicted molar refractivity (Wildman–Crippen MR) is 132 cm³/mol. The Morgan fingerprint density at radius 3 is 1.90 bits per heavy atom. The Morgan fingerprint density at radius 1 is 0.897 bits per heavy atom. The summed E-state index contributed by atoms with van der Waals surface area (Å²) in [5.74, 6) is 1.04. The summed E-state index contributed by atoms with van der Waals surface area (Å²) in [7, 11) is -1.46. The van der Waals surface area contributed by atoms with Gasteiger partial charge in [-0.05, 0) is 24.5 Å². The quantitative estimate of drug-likeness (QED) is 0.191. The van der Waals surface area contributed by atoms with Gasteiger partial charge in [0.15, 0.2) is 5.96 Å². The van der Waals surface area contributed by atoms with Crippen LogP contribution < -0.4 is 15.4 Å². The predicted octanol–water partition coefficient (Wildman–Crippen LogP) is 2.93. The summed E-state index contributed by atoms with van der Waals surface area (Å²) in [6.45, 7) is 3.16. The fourth-order valence-corrected chi connectivity index (χ4v) is 3.56. The molecule has 3 N–H and O–H groups in total. The Kier molecular flexibility index (Phi) is 11.9. The second-order valence-corrected chi connectivity index (χ2v) is 8.48. The molecule has 0 heterocycles. The lowest BCUT2D eigenvalue weighted by Crippen LogP contribution is -2.42. The molecule has 0 aliphatic heterocycles. The highest BCUT2D eigenvalue weighted by Gasteiger charge is 2.13.